The molecule has 2 aromatic rings. The number of carbonyl (C=O) groups is 4. The van der Waals surface area contributed by atoms with E-state index >= 15 is 0 Å². The molecule has 0 atom stereocenters. The van der Waals surface area contributed by atoms with Crippen LogP contribution in [-0.4, -0.2) is 43.1 Å². The fourth-order valence-electron chi connectivity index (χ4n) is 2.51. The number of carbonyl (C=O) groups excluding carboxylic acids is 3. The number of methoxy groups -OCH3 is 2. The zero-order valence-corrected chi connectivity index (χ0v) is 16.6. The van der Waals surface area contributed by atoms with Crippen LogP contribution in [0.5, 0.6) is 23.0 Å². The number of benzene rings is 2. The third-order valence-electron chi connectivity index (χ3n) is 3.67. The summed E-state index contributed by atoms with van der Waals surface area (Å²) in [4.78, 5) is 46.9. The topological polar surface area (TPSA) is 137 Å². The largest absolute Gasteiger partial charge is 0.493 e. The molecule has 0 fully saturated rings. The van der Waals surface area contributed by atoms with Crippen molar-refractivity contribution in [1.82, 2.24) is 0 Å². The quantitative estimate of drug-likeness (QED) is 0.514. The monoisotopic (exact) mass is 417 g/mol. The zero-order valence-electron chi connectivity index (χ0n) is 16.6. The summed E-state index contributed by atoms with van der Waals surface area (Å²) in [7, 11) is 2.71. The summed E-state index contributed by atoms with van der Waals surface area (Å²) >= 11 is 0. The molecule has 10 heteroatoms. The molecule has 0 bridgehead atoms. The molecule has 2 rings (SSSR count). The molecule has 30 heavy (non-hydrogen) atoms. The minimum absolute atomic E-state index is 0.0304. The number of amides is 1. The van der Waals surface area contributed by atoms with Crippen molar-refractivity contribution in [3.8, 4) is 23.0 Å². The molecule has 0 unspecified atom stereocenters. The Morgan fingerprint density at radius 1 is 0.800 bits per heavy atom. The van der Waals surface area contributed by atoms with Gasteiger partial charge in [0.2, 0.25) is 0 Å². The van der Waals surface area contributed by atoms with E-state index in [1.165, 1.54) is 58.4 Å². The van der Waals surface area contributed by atoms with E-state index in [0.717, 1.165) is 0 Å². The second kappa shape index (κ2) is 9.41. The molecule has 2 aromatic carbocycles. The van der Waals surface area contributed by atoms with E-state index in [9.17, 15) is 24.3 Å². The number of carboxylic acids is 1. The lowest BCUT2D eigenvalue weighted by molar-refractivity contribution is -0.132. The highest BCUT2D eigenvalue weighted by Crippen LogP contribution is 2.34. The predicted octanol–water partition coefficient (Wildman–Crippen LogP) is 2.50. The second-order valence-corrected chi connectivity index (χ2v) is 5.89. The van der Waals surface area contributed by atoms with E-state index in [4.69, 9.17) is 18.9 Å². The molecule has 0 heterocycles. The SMILES string of the molecule is COc1cc(NC(=O)c2cc(OC(C)=O)cc(OC(C)=O)c2)c(C(=O)O)cc1OC. The van der Waals surface area contributed by atoms with Crippen molar-refractivity contribution >= 4 is 29.5 Å². The number of anilines is 1. The van der Waals surface area contributed by atoms with E-state index in [2.05, 4.69) is 5.32 Å². The molecule has 0 spiro atoms. The predicted molar refractivity (Wildman–Crippen MR) is 104 cm³/mol. The first kappa shape index (κ1) is 22.2. The van der Waals surface area contributed by atoms with E-state index in [-0.39, 0.29) is 39.8 Å². The van der Waals surface area contributed by atoms with Crippen molar-refractivity contribution in [2.24, 2.45) is 0 Å². The Kier molecular flexibility index (Phi) is 6.97. The van der Waals surface area contributed by atoms with Gasteiger partial charge in [0.05, 0.1) is 25.5 Å². The molecule has 1 amide bonds. The summed E-state index contributed by atoms with van der Waals surface area (Å²) in [6.45, 7) is 2.34. The van der Waals surface area contributed by atoms with Gasteiger partial charge in [-0.1, -0.05) is 0 Å². The van der Waals surface area contributed by atoms with Crippen LogP contribution in [0.2, 0.25) is 0 Å². The number of hydrogen-bond acceptors (Lipinski definition) is 8. The molecule has 0 saturated heterocycles. The first-order valence-electron chi connectivity index (χ1n) is 8.47. The maximum Gasteiger partial charge on any atom is 0.337 e. The molecule has 158 valence electrons. The van der Waals surface area contributed by atoms with Gasteiger partial charge in [-0.2, -0.15) is 0 Å². The van der Waals surface area contributed by atoms with Gasteiger partial charge in [-0.15, -0.1) is 0 Å². The lowest BCUT2D eigenvalue weighted by atomic mass is 10.1. The summed E-state index contributed by atoms with van der Waals surface area (Å²) in [5, 5.41) is 11.9. The molecule has 0 saturated carbocycles. The maximum atomic E-state index is 12.8. The van der Waals surface area contributed by atoms with Gasteiger partial charge in [-0.05, 0) is 12.1 Å². The summed E-state index contributed by atoms with van der Waals surface area (Å²) in [6.07, 6.45) is 0. The minimum Gasteiger partial charge on any atom is -0.493 e. The summed E-state index contributed by atoms with van der Waals surface area (Å²) in [5.74, 6) is -3.03. The fourth-order valence-corrected chi connectivity index (χ4v) is 2.51. The Labute approximate surface area is 171 Å². The van der Waals surface area contributed by atoms with E-state index < -0.39 is 23.8 Å². The van der Waals surface area contributed by atoms with Crippen LogP contribution in [0.15, 0.2) is 30.3 Å². The number of ether oxygens (including phenoxy) is 4. The fraction of sp³-hybridized carbons (Fsp3) is 0.200. The Morgan fingerprint density at radius 2 is 1.30 bits per heavy atom. The molecule has 0 aliphatic carbocycles. The normalized spacial score (nSPS) is 10.0. The number of rotatable bonds is 7. The summed E-state index contributed by atoms with van der Waals surface area (Å²) in [5.41, 5.74) is -0.342. The van der Waals surface area contributed by atoms with Crippen LogP contribution in [0.4, 0.5) is 5.69 Å². The van der Waals surface area contributed by atoms with Crippen molar-refractivity contribution in [3.63, 3.8) is 0 Å². The Hall–Kier alpha value is -4.08. The Bertz CT molecular complexity index is 979. The van der Waals surface area contributed by atoms with Gasteiger partial charge in [-0.3, -0.25) is 14.4 Å². The summed E-state index contributed by atoms with van der Waals surface area (Å²) in [6, 6.07) is 6.24. The number of carboxylic acid groups (broad SMARTS) is 1. The lowest BCUT2D eigenvalue weighted by Crippen LogP contribution is -2.16. The van der Waals surface area contributed by atoms with Crippen molar-refractivity contribution in [1.29, 1.82) is 0 Å². The lowest BCUT2D eigenvalue weighted by Gasteiger charge is -2.14. The average Bonchev–Trinajstić information content (AvgIpc) is 2.65. The van der Waals surface area contributed by atoms with E-state index in [0.29, 0.717) is 0 Å². The van der Waals surface area contributed by atoms with Crippen molar-refractivity contribution in [2.75, 3.05) is 19.5 Å². The molecular formula is C20H19NO9. The Morgan fingerprint density at radius 3 is 1.73 bits per heavy atom. The average molecular weight is 417 g/mol. The van der Waals surface area contributed by atoms with Gasteiger partial charge < -0.3 is 29.4 Å². The summed E-state index contributed by atoms with van der Waals surface area (Å²) < 4.78 is 20.2. The highest BCUT2D eigenvalue weighted by atomic mass is 16.5. The van der Waals surface area contributed by atoms with Crippen LogP contribution in [0.1, 0.15) is 34.6 Å². The van der Waals surface area contributed by atoms with Crippen LogP contribution < -0.4 is 24.3 Å². The number of hydrogen-bond donors (Lipinski definition) is 2. The minimum atomic E-state index is -1.31. The van der Waals surface area contributed by atoms with Crippen LogP contribution in [0.3, 0.4) is 0 Å². The third kappa shape index (κ3) is 5.47. The standard InChI is InChI=1S/C20H19NO9/c1-10(22)29-13-5-12(6-14(7-13)30-11(2)23)19(24)21-16-9-18(28-4)17(27-3)8-15(16)20(25)26/h5-9H,1-4H3,(H,21,24)(H,25,26). The molecule has 0 aliphatic heterocycles. The van der Waals surface area contributed by atoms with Gasteiger partial charge in [-0.25, -0.2) is 4.79 Å². The highest BCUT2D eigenvalue weighted by Gasteiger charge is 2.20. The second-order valence-electron chi connectivity index (χ2n) is 5.89. The van der Waals surface area contributed by atoms with Crippen LogP contribution in [0.25, 0.3) is 0 Å². The van der Waals surface area contributed by atoms with Crippen molar-refractivity contribution in [2.45, 2.75) is 13.8 Å². The van der Waals surface area contributed by atoms with Gasteiger partial charge in [0.15, 0.2) is 11.5 Å². The zero-order chi connectivity index (χ0) is 22.4. The molecule has 10 nitrogen and oxygen atoms in total. The molecule has 0 aromatic heterocycles. The Balaban J connectivity index is 2.47. The molecule has 0 radical (unpaired) electrons. The van der Waals surface area contributed by atoms with E-state index in [1.54, 1.807) is 0 Å². The van der Waals surface area contributed by atoms with Crippen molar-refractivity contribution < 1.29 is 43.2 Å². The molecule has 2 N–H and O–H groups in total. The van der Waals surface area contributed by atoms with Gasteiger partial charge in [0.1, 0.15) is 11.5 Å². The molecular weight excluding hydrogens is 398 g/mol. The highest BCUT2D eigenvalue weighted by molar-refractivity contribution is 6.08. The number of nitrogens with one attached hydrogen (secondary N) is 1. The number of esters is 2. The smallest absolute Gasteiger partial charge is 0.337 e. The third-order valence-corrected chi connectivity index (χ3v) is 3.67. The van der Waals surface area contributed by atoms with Crippen molar-refractivity contribution in [3.05, 3.63) is 41.5 Å². The van der Waals surface area contributed by atoms with Gasteiger partial charge in [0, 0.05) is 37.6 Å². The number of aromatic carboxylic acids is 1. The van der Waals surface area contributed by atoms with E-state index in [1.807, 2.05) is 0 Å². The van der Waals surface area contributed by atoms with Crippen LogP contribution in [0, 0.1) is 0 Å². The molecule has 0 aliphatic rings. The van der Waals surface area contributed by atoms with Crippen LogP contribution >= 0.6 is 0 Å². The van der Waals surface area contributed by atoms with Crippen LogP contribution in [-0.2, 0) is 9.59 Å². The van der Waals surface area contributed by atoms with Gasteiger partial charge >= 0.3 is 17.9 Å². The first-order chi connectivity index (χ1) is 14.1. The first-order valence-corrected chi connectivity index (χ1v) is 8.47. The van der Waals surface area contributed by atoms with Gasteiger partial charge in [0.25, 0.3) is 5.91 Å². The maximum absolute atomic E-state index is 12.8.